The van der Waals surface area contributed by atoms with Crippen molar-refractivity contribution in [1.29, 1.82) is 0 Å². The number of carbonyl (C=O) groups excluding carboxylic acids is 1. The first-order valence-corrected chi connectivity index (χ1v) is 3.92. The number of nitrogens with zero attached hydrogens (tertiary/aromatic N) is 1. The molecule has 0 aliphatic carbocycles. The topological polar surface area (TPSA) is 41.5 Å². The molecule has 1 unspecified atom stereocenters. The Morgan fingerprint density at radius 1 is 1.50 bits per heavy atom. The van der Waals surface area contributed by atoms with Gasteiger partial charge in [-0.25, -0.2) is 0 Å². The van der Waals surface area contributed by atoms with Crippen molar-refractivity contribution < 1.29 is 4.79 Å². The summed E-state index contributed by atoms with van der Waals surface area (Å²) in [6.07, 6.45) is 3.70. The summed E-state index contributed by atoms with van der Waals surface area (Å²) < 4.78 is 0. The molecule has 1 amide bonds. The normalized spacial score (nSPS) is 27.0. The van der Waals surface area contributed by atoms with Crippen molar-refractivity contribution in [2.24, 2.45) is 10.9 Å². The minimum Gasteiger partial charge on any atom is -0.331 e. The van der Waals surface area contributed by atoms with E-state index in [1.165, 1.54) is 0 Å². The summed E-state index contributed by atoms with van der Waals surface area (Å²) in [6.45, 7) is 3.82. The lowest BCUT2D eigenvalue weighted by Crippen LogP contribution is -2.26. The van der Waals surface area contributed by atoms with Crippen molar-refractivity contribution in [2.45, 2.75) is 13.8 Å². The van der Waals surface area contributed by atoms with Crippen molar-refractivity contribution in [3.63, 3.8) is 0 Å². The predicted octanol–water partition coefficient (Wildman–Crippen LogP) is 0.995. The smallest absolute Gasteiger partial charge is 0.237 e. The first kappa shape index (κ1) is 7.28. The first-order chi connectivity index (χ1) is 5.68. The average molecular weight is 162 g/mol. The van der Waals surface area contributed by atoms with Gasteiger partial charge in [0, 0.05) is 17.6 Å². The Morgan fingerprint density at radius 2 is 2.25 bits per heavy atom. The van der Waals surface area contributed by atoms with E-state index in [2.05, 4.69) is 10.3 Å². The third-order valence-electron chi connectivity index (χ3n) is 2.12. The Bertz CT molecular complexity index is 336. The fourth-order valence-electron chi connectivity index (χ4n) is 1.64. The molecular weight excluding hydrogens is 152 g/mol. The number of rotatable bonds is 0. The van der Waals surface area contributed by atoms with Crippen molar-refractivity contribution >= 4 is 11.6 Å². The van der Waals surface area contributed by atoms with E-state index in [9.17, 15) is 4.79 Å². The highest BCUT2D eigenvalue weighted by Gasteiger charge is 2.30. The lowest BCUT2D eigenvalue weighted by atomic mass is 9.94. The van der Waals surface area contributed by atoms with Gasteiger partial charge in [0.2, 0.25) is 5.91 Å². The molecule has 2 aliphatic rings. The molecule has 2 rings (SSSR count). The lowest BCUT2D eigenvalue weighted by Gasteiger charge is -2.14. The van der Waals surface area contributed by atoms with Crippen LogP contribution in [0.2, 0.25) is 0 Å². The van der Waals surface area contributed by atoms with Crippen LogP contribution in [0.3, 0.4) is 0 Å². The lowest BCUT2D eigenvalue weighted by molar-refractivity contribution is -0.120. The van der Waals surface area contributed by atoms with Gasteiger partial charge in [-0.2, -0.15) is 0 Å². The van der Waals surface area contributed by atoms with E-state index in [0.29, 0.717) is 0 Å². The molecule has 62 valence electrons. The summed E-state index contributed by atoms with van der Waals surface area (Å²) >= 11 is 0. The molecule has 0 aromatic carbocycles. The molecule has 1 N–H and O–H groups in total. The standard InChI is InChI=1S/C9H10N2O/c1-5-3-7-4-10-9(12)8(7)6(2)11-5/h3-4,8H,1-2H3,(H,10,12). The maximum atomic E-state index is 11.3. The zero-order valence-corrected chi connectivity index (χ0v) is 7.09. The van der Waals surface area contributed by atoms with Crippen LogP contribution in [0, 0.1) is 5.92 Å². The highest BCUT2D eigenvalue weighted by Crippen LogP contribution is 2.25. The van der Waals surface area contributed by atoms with Crippen LogP contribution >= 0.6 is 0 Å². The Hall–Kier alpha value is -1.38. The Morgan fingerprint density at radius 3 is 3.00 bits per heavy atom. The van der Waals surface area contributed by atoms with E-state index in [4.69, 9.17) is 0 Å². The average Bonchev–Trinajstić information content (AvgIpc) is 2.31. The van der Waals surface area contributed by atoms with Gasteiger partial charge in [0.25, 0.3) is 0 Å². The van der Waals surface area contributed by atoms with E-state index in [0.717, 1.165) is 17.0 Å². The van der Waals surface area contributed by atoms with Gasteiger partial charge >= 0.3 is 0 Å². The molecule has 2 heterocycles. The van der Waals surface area contributed by atoms with Crippen LogP contribution in [0.5, 0.6) is 0 Å². The van der Waals surface area contributed by atoms with Crippen molar-refractivity contribution in [3.8, 4) is 0 Å². The summed E-state index contributed by atoms with van der Waals surface area (Å²) in [5, 5.41) is 2.69. The van der Waals surface area contributed by atoms with E-state index in [-0.39, 0.29) is 11.8 Å². The van der Waals surface area contributed by atoms with Crippen LogP contribution in [0.25, 0.3) is 0 Å². The minimum absolute atomic E-state index is 0.0370. The van der Waals surface area contributed by atoms with Crippen LogP contribution in [0.15, 0.2) is 28.5 Å². The highest BCUT2D eigenvalue weighted by molar-refractivity contribution is 6.09. The molecule has 0 saturated carbocycles. The molecule has 0 aromatic heterocycles. The van der Waals surface area contributed by atoms with Gasteiger partial charge in [-0.15, -0.1) is 0 Å². The highest BCUT2D eigenvalue weighted by atomic mass is 16.2. The van der Waals surface area contributed by atoms with Crippen molar-refractivity contribution in [3.05, 3.63) is 23.5 Å². The molecular formula is C9H10N2O. The monoisotopic (exact) mass is 162 g/mol. The number of carbonyl (C=O) groups is 1. The quantitative estimate of drug-likeness (QED) is 0.567. The molecule has 2 aliphatic heterocycles. The third kappa shape index (κ3) is 0.897. The maximum absolute atomic E-state index is 11.3. The SMILES string of the molecule is CC1=CC2=CNC(=O)C2C(C)=N1. The molecule has 0 aromatic rings. The van der Waals surface area contributed by atoms with Gasteiger partial charge in [-0.1, -0.05) is 0 Å². The number of hydrogen-bond acceptors (Lipinski definition) is 2. The summed E-state index contributed by atoms with van der Waals surface area (Å²) in [4.78, 5) is 15.5. The third-order valence-corrected chi connectivity index (χ3v) is 2.12. The van der Waals surface area contributed by atoms with Gasteiger partial charge in [-0.05, 0) is 25.5 Å². The number of nitrogens with one attached hydrogen (secondary N) is 1. The van der Waals surface area contributed by atoms with Crippen molar-refractivity contribution in [1.82, 2.24) is 5.32 Å². The summed E-state index contributed by atoms with van der Waals surface area (Å²) in [6, 6.07) is 0. The summed E-state index contributed by atoms with van der Waals surface area (Å²) in [5.74, 6) is -0.0938. The fraction of sp³-hybridized carbons (Fsp3) is 0.333. The zero-order valence-electron chi connectivity index (χ0n) is 7.09. The van der Waals surface area contributed by atoms with Gasteiger partial charge in [-0.3, -0.25) is 9.79 Å². The Kier molecular flexibility index (Phi) is 1.40. The molecule has 0 saturated heterocycles. The van der Waals surface area contributed by atoms with Gasteiger partial charge in [0.1, 0.15) is 5.92 Å². The molecule has 3 nitrogen and oxygen atoms in total. The van der Waals surface area contributed by atoms with Crippen molar-refractivity contribution in [2.75, 3.05) is 0 Å². The van der Waals surface area contributed by atoms with Crippen LogP contribution < -0.4 is 5.32 Å². The molecule has 1 atom stereocenters. The Balaban J connectivity index is 2.46. The predicted molar refractivity (Wildman–Crippen MR) is 46.6 cm³/mol. The number of fused-ring (bicyclic) bond motifs is 1. The second-order valence-electron chi connectivity index (χ2n) is 3.12. The molecule has 0 radical (unpaired) electrons. The Labute approximate surface area is 70.9 Å². The maximum Gasteiger partial charge on any atom is 0.237 e. The van der Waals surface area contributed by atoms with Crippen LogP contribution in [-0.4, -0.2) is 11.6 Å². The number of aliphatic imine (C=N–C) groups is 1. The van der Waals surface area contributed by atoms with Gasteiger partial charge in [0.15, 0.2) is 0 Å². The number of allylic oxidation sites excluding steroid dienone is 2. The molecule has 3 heteroatoms. The van der Waals surface area contributed by atoms with E-state index < -0.39 is 0 Å². The second-order valence-corrected chi connectivity index (χ2v) is 3.12. The summed E-state index contributed by atoms with van der Waals surface area (Å²) in [5.41, 5.74) is 2.88. The fourth-order valence-corrected chi connectivity index (χ4v) is 1.64. The van der Waals surface area contributed by atoms with Crippen LogP contribution in [-0.2, 0) is 4.79 Å². The van der Waals surface area contributed by atoms with Gasteiger partial charge in [0.05, 0.1) is 0 Å². The minimum atomic E-state index is -0.131. The van der Waals surface area contributed by atoms with E-state index >= 15 is 0 Å². The van der Waals surface area contributed by atoms with E-state index in [1.807, 2.05) is 19.9 Å². The van der Waals surface area contributed by atoms with Crippen LogP contribution in [0.4, 0.5) is 0 Å². The first-order valence-electron chi connectivity index (χ1n) is 3.92. The molecule has 0 spiro atoms. The molecule has 12 heavy (non-hydrogen) atoms. The number of amides is 1. The molecule has 0 bridgehead atoms. The van der Waals surface area contributed by atoms with Crippen LogP contribution in [0.1, 0.15) is 13.8 Å². The summed E-state index contributed by atoms with van der Waals surface area (Å²) in [7, 11) is 0. The second kappa shape index (κ2) is 2.30. The van der Waals surface area contributed by atoms with Gasteiger partial charge < -0.3 is 5.32 Å². The van der Waals surface area contributed by atoms with E-state index in [1.54, 1.807) is 6.20 Å². The zero-order chi connectivity index (χ0) is 8.72. The largest absolute Gasteiger partial charge is 0.331 e. The number of hydrogen-bond donors (Lipinski definition) is 1. The molecule has 0 fully saturated rings.